The van der Waals surface area contributed by atoms with Crippen molar-refractivity contribution in [1.82, 2.24) is 0 Å². The molecule has 3 heteroatoms. The van der Waals surface area contributed by atoms with Gasteiger partial charge in [0, 0.05) is 16.9 Å². The normalized spacial score (nSPS) is 16.8. The summed E-state index contributed by atoms with van der Waals surface area (Å²) in [5.74, 6) is 0.00354. The van der Waals surface area contributed by atoms with E-state index < -0.39 is 0 Å². The minimum Gasteiger partial charge on any atom is -0.370 e. The summed E-state index contributed by atoms with van der Waals surface area (Å²) < 4.78 is 0. The molecule has 1 amide bonds. The Morgan fingerprint density at radius 3 is 2.55 bits per heavy atom. The first-order chi connectivity index (χ1) is 9.54. The van der Waals surface area contributed by atoms with Gasteiger partial charge < -0.3 is 10.6 Å². The number of anilines is 2. The van der Waals surface area contributed by atoms with Crippen LogP contribution in [-0.4, -0.2) is 5.91 Å². The second-order valence-corrected chi connectivity index (χ2v) is 5.46. The molecule has 1 unspecified atom stereocenters. The Hall–Kier alpha value is -2.29. The molecule has 1 atom stereocenters. The lowest BCUT2D eigenvalue weighted by Crippen LogP contribution is -2.19. The van der Waals surface area contributed by atoms with Crippen LogP contribution in [0.15, 0.2) is 36.4 Å². The average Bonchev–Trinajstić information content (AvgIpc) is 2.70. The third-order valence-corrected chi connectivity index (χ3v) is 3.86. The molecular formula is C17H18N2O. The van der Waals surface area contributed by atoms with Crippen LogP contribution in [0.4, 0.5) is 11.4 Å². The van der Waals surface area contributed by atoms with E-state index in [1.54, 1.807) is 0 Å². The Labute approximate surface area is 119 Å². The van der Waals surface area contributed by atoms with Gasteiger partial charge in [-0.3, -0.25) is 4.79 Å². The zero-order valence-corrected chi connectivity index (χ0v) is 11.9. The monoisotopic (exact) mass is 266 g/mol. The highest BCUT2D eigenvalue weighted by atomic mass is 16.2. The molecule has 0 spiro atoms. The summed E-state index contributed by atoms with van der Waals surface area (Å²) in [6.07, 6.45) is 0. The van der Waals surface area contributed by atoms with Crippen LogP contribution in [0.5, 0.6) is 0 Å². The van der Waals surface area contributed by atoms with Crippen LogP contribution < -0.4 is 10.6 Å². The first kappa shape index (κ1) is 12.7. The maximum absolute atomic E-state index is 12.1. The summed E-state index contributed by atoms with van der Waals surface area (Å²) in [6.45, 7) is 6.20. The number of aryl methyl sites for hydroxylation is 3. The molecule has 1 aliphatic heterocycles. The summed E-state index contributed by atoms with van der Waals surface area (Å²) in [5, 5.41) is 6.25. The van der Waals surface area contributed by atoms with Gasteiger partial charge >= 0.3 is 0 Å². The van der Waals surface area contributed by atoms with E-state index in [9.17, 15) is 4.79 Å². The fourth-order valence-electron chi connectivity index (χ4n) is 2.52. The van der Waals surface area contributed by atoms with Gasteiger partial charge in [-0.2, -0.15) is 0 Å². The topological polar surface area (TPSA) is 41.1 Å². The molecule has 0 saturated heterocycles. The van der Waals surface area contributed by atoms with E-state index >= 15 is 0 Å². The summed E-state index contributed by atoms with van der Waals surface area (Å²) >= 11 is 0. The molecule has 1 aliphatic rings. The molecule has 0 aliphatic carbocycles. The van der Waals surface area contributed by atoms with Gasteiger partial charge in [0.2, 0.25) is 0 Å². The van der Waals surface area contributed by atoms with Crippen LogP contribution in [0, 0.1) is 20.8 Å². The number of benzene rings is 2. The van der Waals surface area contributed by atoms with Crippen molar-refractivity contribution in [3.8, 4) is 0 Å². The predicted octanol–water partition coefficient (Wildman–Crippen LogP) is 3.72. The Bertz CT molecular complexity index is 691. The van der Waals surface area contributed by atoms with Gasteiger partial charge in [-0.15, -0.1) is 0 Å². The van der Waals surface area contributed by atoms with Crippen molar-refractivity contribution in [3.05, 3.63) is 58.7 Å². The molecule has 20 heavy (non-hydrogen) atoms. The van der Waals surface area contributed by atoms with E-state index in [-0.39, 0.29) is 11.9 Å². The second-order valence-electron chi connectivity index (χ2n) is 5.46. The molecule has 3 nitrogen and oxygen atoms in total. The Morgan fingerprint density at radius 2 is 1.80 bits per heavy atom. The molecule has 0 fully saturated rings. The van der Waals surface area contributed by atoms with Crippen LogP contribution in [-0.2, 0) is 4.79 Å². The highest BCUT2D eigenvalue weighted by Crippen LogP contribution is 2.34. The van der Waals surface area contributed by atoms with Crippen molar-refractivity contribution >= 4 is 17.3 Å². The van der Waals surface area contributed by atoms with Crippen molar-refractivity contribution in [2.45, 2.75) is 26.8 Å². The fourth-order valence-corrected chi connectivity index (χ4v) is 2.52. The van der Waals surface area contributed by atoms with E-state index in [0.717, 1.165) is 22.5 Å². The number of carbonyl (C=O) groups is 1. The number of hydrogen-bond donors (Lipinski definition) is 2. The quantitative estimate of drug-likeness (QED) is 0.869. The van der Waals surface area contributed by atoms with Crippen molar-refractivity contribution in [2.75, 3.05) is 10.6 Å². The molecule has 0 saturated carbocycles. The lowest BCUT2D eigenvalue weighted by molar-refractivity contribution is -0.116. The van der Waals surface area contributed by atoms with E-state index in [0.29, 0.717) is 0 Å². The SMILES string of the molecule is Cc1ccc2c(c1)C(Nc1ccc(C)c(C)c1)C(=O)N2. The molecule has 3 rings (SSSR count). The smallest absolute Gasteiger partial charge is 0.251 e. The first-order valence-corrected chi connectivity index (χ1v) is 6.80. The van der Waals surface area contributed by atoms with Crippen LogP contribution >= 0.6 is 0 Å². The van der Waals surface area contributed by atoms with Crippen LogP contribution in [0.2, 0.25) is 0 Å². The van der Waals surface area contributed by atoms with Gasteiger partial charge in [0.25, 0.3) is 5.91 Å². The zero-order chi connectivity index (χ0) is 14.3. The van der Waals surface area contributed by atoms with Crippen LogP contribution in [0.25, 0.3) is 0 Å². The highest BCUT2D eigenvalue weighted by Gasteiger charge is 2.30. The average molecular weight is 266 g/mol. The van der Waals surface area contributed by atoms with Gasteiger partial charge in [0.05, 0.1) is 0 Å². The van der Waals surface area contributed by atoms with Gasteiger partial charge in [0.1, 0.15) is 6.04 Å². The van der Waals surface area contributed by atoms with Crippen LogP contribution in [0.1, 0.15) is 28.3 Å². The van der Waals surface area contributed by atoms with E-state index in [4.69, 9.17) is 0 Å². The number of rotatable bonds is 2. The molecule has 0 radical (unpaired) electrons. The van der Waals surface area contributed by atoms with Crippen LogP contribution in [0.3, 0.4) is 0 Å². The summed E-state index contributed by atoms with van der Waals surface area (Å²) in [7, 11) is 0. The Kier molecular flexibility index (Phi) is 2.97. The van der Waals surface area contributed by atoms with E-state index in [2.05, 4.69) is 42.7 Å². The molecular weight excluding hydrogens is 248 g/mol. The van der Waals surface area contributed by atoms with Crippen molar-refractivity contribution < 1.29 is 4.79 Å². The summed E-state index contributed by atoms with van der Waals surface area (Å²) in [5.41, 5.74) is 6.53. The zero-order valence-electron chi connectivity index (χ0n) is 11.9. The van der Waals surface area contributed by atoms with Gasteiger partial charge in [0.15, 0.2) is 0 Å². The largest absolute Gasteiger partial charge is 0.370 e. The number of fused-ring (bicyclic) bond motifs is 1. The second kappa shape index (κ2) is 4.67. The van der Waals surface area contributed by atoms with Crippen molar-refractivity contribution in [2.24, 2.45) is 0 Å². The number of nitrogens with one attached hydrogen (secondary N) is 2. The van der Waals surface area contributed by atoms with E-state index in [1.165, 1.54) is 11.1 Å². The van der Waals surface area contributed by atoms with Gasteiger partial charge in [-0.05, 0) is 50.1 Å². The molecule has 2 N–H and O–H groups in total. The van der Waals surface area contributed by atoms with Gasteiger partial charge in [-0.25, -0.2) is 0 Å². The minimum atomic E-state index is -0.313. The number of hydrogen-bond acceptors (Lipinski definition) is 2. The third kappa shape index (κ3) is 2.16. The molecule has 2 aromatic carbocycles. The maximum Gasteiger partial charge on any atom is 0.251 e. The summed E-state index contributed by atoms with van der Waals surface area (Å²) in [6, 6.07) is 11.9. The number of amides is 1. The lowest BCUT2D eigenvalue weighted by Gasteiger charge is -2.14. The highest BCUT2D eigenvalue weighted by molar-refractivity contribution is 6.04. The molecule has 1 heterocycles. The molecule has 102 valence electrons. The van der Waals surface area contributed by atoms with Crippen molar-refractivity contribution in [1.29, 1.82) is 0 Å². The standard InChI is InChI=1S/C17H18N2O/c1-10-4-7-15-14(8-10)16(17(20)19-15)18-13-6-5-11(2)12(3)9-13/h4-9,16,18H,1-3H3,(H,19,20). The molecule has 2 aromatic rings. The van der Waals surface area contributed by atoms with Crippen molar-refractivity contribution in [3.63, 3.8) is 0 Å². The fraction of sp³-hybridized carbons (Fsp3) is 0.235. The number of carbonyl (C=O) groups excluding carboxylic acids is 1. The van der Waals surface area contributed by atoms with Gasteiger partial charge in [-0.1, -0.05) is 23.8 Å². The third-order valence-electron chi connectivity index (χ3n) is 3.86. The Morgan fingerprint density at radius 1 is 1.00 bits per heavy atom. The lowest BCUT2D eigenvalue weighted by atomic mass is 10.0. The predicted molar refractivity (Wildman–Crippen MR) is 82.1 cm³/mol. The van der Waals surface area contributed by atoms with E-state index in [1.807, 2.05) is 25.1 Å². The minimum absolute atomic E-state index is 0.00354. The molecule has 0 aromatic heterocycles. The maximum atomic E-state index is 12.1. The first-order valence-electron chi connectivity index (χ1n) is 6.80. The Balaban J connectivity index is 1.93. The summed E-state index contributed by atoms with van der Waals surface area (Å²) in [4.78, 5) is 12.1. The molecule has 0 bridgehead atoms.